The number of hydrogen-bond acceptors (Lipinski definition) is 6. The van der Waals surface area contributed by atoms with Gasteiger partial charge in [0.2, 0.25) is 0 Å². The predicted molar refractivity (Wildman–Crippen MR) is 123 cm³/mol. The zero-order valence-corrected chi connectivity index (χ0v) is 19.2. The van der Waals surface area contributed by atoms with Crippen LogP contribution in [0.1, 0.15) is 12.0 Å². The Morgan fingerprint density at radius 3 is 2.63 bits per heavy atom. The van der Waals surface area contributed by atoms with Crippen molar-refractivity contribution < 1.29 is 14.3 Å². The molecule has 0 aliphatic heterocycles. The lowest BCUT2D eigenvalue weighted by Gasteiger charge is -2.21. The van der Waals surface area contributed by atoms with E-state index in [9.17, 15) is 4.79 Å². The van der Waals surface area contributed by atoms with Gasteiger partial charge in [-0.3, -0.25) is 9.69 Å². The zero-order valence-electron chi connectivity index (χ0n) is 17.6. The van der Waals surface area contributed by atoms with Crippen LogP contribution in [0.4, 0.5) is 5.13 Å². The van der Waals surface area contributed by atoms with Crippen LogP contribution in [0.2, 0.25) is 5.02 Å². The van der Waals surface area contributed by atoms with E-state index >= 15 is 0 Å². The Hall–Kier alpha value is -2.35. The number of carbonyl (C=O) groups excluding carboxylic acids is 1. The van der Waals surface area contributed by atoms with Crippen molar-refractivity contribution in [1.29, 1.82) is 0 Å². The summed E-state index contributed by atoms with van der Waals surface area (Å²) in [6.45, 7) is 3.32. The molecule has 0 saturated carbocycles. The molecule has 3 rings (SSSR count). The highest BCUT2D eigenvalue weighted by Crippen LogP contribution is 2.35. The standard InChI is InChI=1S/C22H26ClN3O3S/c1-15-9-10-18(23)21-20(15)24-22(30-21)26(12-6-11-25(2)3)19(27)14-29-17-8-5-7-16(13-17)28-4/h5,7-10,13H,6,11-12,14H2,1-4H3. The topological polar surface area (TPSA) is 54.9 Å². The molecule has 0 N–H and O–H groups in total. The van der Waals surface area contributed by atoms with Crippen molar-refractivity contribution in [3.05, 3.63) is 47.0 Å². The highest BCUT2D eigenvalue weighted by molar-refractivity contribution is 7.23. The first-order valence-corrected chi connectivity index (χ1v) is 10.9. The average molecular weight is 448 g/mol. The van der Waals surface area contributed by atoms with E-state index in [0.717, 1.165) is 28.7 Å². The Labute approximate surface area is 186 Å². The van der Waals surface area contributed by atoms with E-state index in [1.165, 1.54) is 11.3 Å². The first-order valence-electron chi connectivity index (χ1n) is 9.66. The van der Waals surface area contributed by atoms with Crippen molar-refractivity contribution in [2.75, 3.05) is 45.8 Å². The molecule has 30 heavy (non-hydrogen) atoms. The molecule has 0 radical (unpaired) electrons. The molecule has 0 atom stereocenters. The molecule has 160 valence electrons. The zero-order chi connectivity index (χ0) is 21.7. The number of benzene rings is 2. The molecular formula is C22H26ClN3O3S. The molecule has 3 aromatic rings. The molecular weight excluding hydrogens is 422 g/mol. The molecule has 0 aliphatic rings. The first kappa shape index (κ1) is 22.3. The highest BCUT2D eigenvalue weighted by Gasteiger charge is 2.21. The summed E-state index contributed by atoms with van der Waals surface area (Å²) in [6.07, 6.45) is 0.820. The van der Waals surface area contributed by atoms with Crippen molar-refractivity contribution in [2.24, 2.45) is 0 Å². The molecule has 0 unspecified atom stereocenters. The molecule has 0 bridgehead atoms. The van der Waals surface area contributed by atoms with E-state index in [-0.39, 0.29) is 12.5 Å². The molecule has 1 amide bonds. The summed E-state index contributed by atoms with van der Waals surface area (Å²) in [6, 6.07) is 11.0. The number of hydrogen-bond donors (Lipinski definition) is 0. The fourth-order valence-corrected chi connectivity index (χ4v) is 4.35. The number of nitrogens with zero attached hydrogens (tertiary/aromatic N) is 3. The quantitative estimate of drug-likeness (QED) is 0.478. The first-order chi connectivity index (χ1) is 14.4. The Bertz CT molecular complexity index is 983. The highest BCUT2D eigenvalue weighted by atomic mass is 35.5. The van der Waals surface area contributed by atoms with Gasteiger partial charge in [-0.2, -0.15) is 0 Å². The van der Waals surface area contributed by atoms with Crippen LogP contribution in [-0.4, -0.2) is 56.7 Å². The van der Waals surface area contributed by atoms with Gasteiger partial charge >= 0.3 is 0 Å². The Morgan fingerprint density at radius 2 is 1.93 bits per heavy atom. The average Bonchev–Trinajstić information content (AvgIpc) is 3.18. The van der Waals surface area contributed by atoms with E-state index in [1.807, 2.05) is 45.3 Å². The van der Waals surface area contributed by atoms with Crippen molar-refractivity contribution >= 4 is 44.2 Å². The Balaban J connectivity index is 1.81. The van der Waals surface area contributed by atoms with Crippen LogP contribution in [0.15, 0.2) is 36.4 Å². The lowest BCUT2D eigenvalue weighted by atomic mass is 10.2. The van der Waals surface area contributed by atoms with Crippen LogP contribution in [0.3, 0.4) is 0 Å². The van der Waals surface area contributed by atoms with E-state index in [4.69, 9.17) is 26.1 Å². The van der Waals surface area contributed by atoms with E-state index < -0.39 is 0 Å². The second-order valence-electron chi connectivity index (χ2n) is 7.21. The summed E-state index contributed by atoms with van der Waals surface area (Å²) >= 11 is 7.80. The van der Waals surface area contributed by atoms with Crippen LogP contribution < -0.4 is 14.4 Å². The molecule has 0 saturated heterocycles. The third-order valence-corrected chi connectivity index (χ3v) is 6.15. The third kappa shape index (κ3) is 5.41. The smallest absolute Gasteiger partial charge is 0.266 e. The number of fused-ring (bicyclic) bond motifs is 1. The normalized spacial score (nSPS) is 11.1. The molecule has 2 aromatic carbocycles. The number of anilines is 1. The second kappa shape index (κ2) is 10.1. The minimum Gasteiger partial charge on any atom is -0.497 e. The molecule has 0 fully saturated rings. The van der Waals surface area contributed by atoms with Gasteiger partial charge in [-0.05, 0) is 57.7 Å². The van der Waals surface area contributed by atoms with Crippen LogP contribution in [0.5, 0.6) is 11.5 Å². The van der Waals surface area contributed by atoms with Crippen LogP contribution in [0.25, 0.3) is 10.2 Å². The van der Waals surface area contributed by atoms with Gasteiger partial charge in [-0.25, -0.2) is 4.98 Å². The summed E-state index contributed by atoms with van der Waals surface area (Å²) in [5.41, 5.74) is 1.87. The number of carbonyl (C=O) groups is 1. The summed E-state index contributed by atoms with van der Waals surface area (Å²) in [5.74, 6) is 1.11. The number of methoxy groups -OCH3 is 1. The van der Waals surface area contributed by atoms with Gasteiger partial charge in [0.15, 0.2) is 11.7 Å². The molecule has 0 spiro atoms. The second-order valence-corrected chi connectivity index (χ2v) is 8.59. The molecule has 1 aromatic heterocycles. The lowest BCUT2D eigenvalue weighted by Crippen LogP contribution is -2.36. The Kier molecular flexibility index (Phi) is 7.53. The number of aromatic nitrogens is 1. The molecule has 8 heteroatoms. The van der Waals surface area contributed by atoms with Gasteiger partial charge < -0.3 is 14.4 Å². The minimum atomic E-state index is -0.149. The number of aryl methyl sites for hydroxylation is 1. The van der Waals surface area contributed by atoms with Crippen molar-refractivity contribution in [3.8, 4) is 11.5 Å². The largest absolute Gasteiger partial charge is 0.497 e. The van der Waals surface area contributed by atoms with Gasteiger partial charge in [-0.1, -0.05) is 35.1 Å². The fraction of sp³-hybridized carbons (Fsp3) is 0.364. The molecule has 0 aliphatic carbocycles. The van der Waals surface area contributed by atoms with E-state index in [1.54, 1.807) is 24.1 Å². The van der Waals surface area contributed by atoms with Crippen molar-refractivity contribution in [2.45, 2.75) is 13.3 Å². The number of ether oxygens (including phenoxy) is 2. The summed E-state index contributed by atoms with van der Waals surface area (Å²) in [4.78, 5) is 21.6. The number of rotatable bonds is 9. The maximum absolute atomic E-state index is 13.1. The predicted octanol–water partition coefficient (Wildman–Crippen LogP) is 4.63. The SMILES string of the molecule is COc1cccc(OCC(=O)N(CCCN(C)C)c2nc3c(C)ccc(Cl)c3s2)c1. The minimum absolute atomic E-state index is 0.0855. The number of thiazole rings is 1. The molecule has 6 nitrogen and oxygen atoms in total. The van der Waals surface area contributed by atoms with Gasteiger partial charge in [-0.15, -0.1) is 0 Å². The number of amides is 1. The van der Waals surface area contributed by atoms with E-state index in [0.29, 0.717) is 28.2 Å². The van der Waals surface area contributed by atoms with Gasteiger partial charge in [0.25, 0.3) is 5.91 Å². The van der Waals surface area contributed by atoms with Crippen LogP contribution in [0, 0.1) is 6.92 Å². The molecule has 1 heterocycles. The van der Waals surface area contributed by atoms with Gasteiger partial charge in [0, 0.05) is 12.6 Å². The maximum atomic E-state index is 13.1. The summed E-state index contributed by atoms with van der Waals surface area (Å²) in [7, 11) is 5.62. The van der Waals surface area contributed by atoms with Crippen molar-refractivity contribution in [3.63, 3.8) is 0 Å². The lowest BCUT2D eigenvalue weighted by molar-refractivity contribution is -0.120. The summed E-state index contributed by atoms with van der Waals surface area (Å²) < 4.78 is 11.8. The summed E-state index contributed by atoms with van der Waals surface area (Å²) in [5, 5.41) is 1.28. The van der Waals surface area contributed by atoms with E-state index in [2.05, 4.69) is 4.90 Å². The van der Waals surface area contributed by atoms with Crippen molar-refractivity contribution in [1.82, 2.24) is 9.88 Å². The maximum Gasteiger partial charge on any atom is 0.266 e. The third-order valence-electron chi connectivity index (χ3n) is 4.61. The van der Waals surface area contributed by atoms with Crippen LogP contribution in [-0.2, 0) is 4.79 Å². The van der Waals surface area contributed by atoms with Crippen LogP contribution >= 0.6 is 22.9 Å². The van der Waals surface area contributed by atoms with Gasteiger partial charge in [0.1, 0.15) is 11.5 Å². The Morgan fingerprint density at radius 1 is 1.17 bits per heavy atom. The number of halogens is 1. The monoisotopic (exact) mass is 447 g/mol. The fourth-order valence-electron chi connectivity index (χ4n) is 2.99. The van der Waals surface area contributed by atoms with Gasteiger partial charge in [0.05, 0.1) is 22.3 Å².